The lowest BCUT2D eigenvalue weighted by Gasteiger charge is -2.16. The Labute approximate surface area is 171 Å². The van der Waals surface area contributed by atoms with E-state index in [2.05, 4.69) is 24.5 Å². The first-order valence-corrected chi connectivity index (χ1v) is 11.1. The fourth-order valence-corrected chi connectivity index (χ4v) is 4.29. The number of allylic oxidation sites excluding steroid dienone is 1. The fraction of sp³-hybridized carbons (Fsp3) is 0.318. The topological polar surface area (TPSA) is 104 Å². The molecule has 1 aliphatic heterocycles. The molecule has 4 N–H and O–H groups in total. The summed E-state index contributed by atoms with van der Waals surface area (Å²) in [6.07, 6.45) is 4.11. The predicted octanol–water partition coefficient (Wildman–Crippen LogP) is 3.22. The third kappa shape index (κ3) is 4.58. The van der Waals surface area contributed by atoms with Gasteiger partial charge >= 0.3 is 0 Å². The van der Waals surface area contributed by atoms with Crippen molar-refractivity contribution in [3.63, 3.8) is 0 Å². The van der Waals surface area contributed by atoms with Crippen molar-refractivity contribution >= 4 is 27.6 Å². The molecule has 7 heteroatoms. The smallest absolute Gasteiger partial charge is 0.265 e. The summed E-state index contributed by atoms with van der Waals surface area (Å²) in [6, 6.07) is 13.2. The molecule has 0 unspecified atom stereocenters. The molecule has 2 aromatic rings. The zero-order valence-corrected chi connectivity index (χ0v) is 17.5. The van der Waals surface area contributed by atoms with Crippen LogP contribution in [0.2, 0.25) is 0 Å². The van der Waals surface area contributed by atoms with Gasteiger partial charge in [-0.2, -0.15) is 13.0 Å². The molecule has 0 spiro atoms. The number of fused-ring (bicyclic) bond motifs is 1. The Hall–Kier alpha value is -2.48. The lowest BCUT2D eigenvalue weighted by atomic mass is 9.80. The lowest BCUT2D eigenvalue weighted by molar-refractivity contribution is -0.437. The standard InChI is InChI=1S/C22H26N2O4S/c1-22(2)18-14-16(15-23)8-10-19(18)24(12-5-13-29(26,27)28)21(22)11-9-17-6-3-4-7-20(17)25/h3-4,6-11,14H,5,12-13,15,23H2,1-2H3,(H,26,27,28)/p+1. The van der Waals surface area contributed by atoms with Crippen LogP contribution < -0.4 is 5.73 Å². The molecule has 2 aromatic carbocycles. The van der Waals surface area contributed by atoms with E-state index in [1.54, 1.807) is 12.1 Å². The minimum atomic E-state index is -4.01. The summed E-state index contributed by atoms with van der Waals surface area (Å²) in [5.41, 5.74) is 10.3. The van der Waals surface area contributed by atoms with Crippen molar-refractivity contribution in [3.8, 4) is 5.75 Å². The first-order valence-electron chi connectivity index (χ1n) is 9.53. The van der Waals surface area contributed by atoms with E-state index in [1.165, 1.54) is 0 Å². The van der Waals surface area contributed by atoms with Crippen LogP contribution in [0, 0.1) is 0 Å². The second kappa shape index (κ2) is 8.10. The summed E-state index contributed by atoms with van der Waals surface area (Å²) >= 11 is 0. The molecule has 0 radical (unpaired) electrons. The highest BCUT2D eigenvalue weighted by Gasteiger charge is 2.44. The zero-order chi connectivity index (χ0) is 21.2. The van der Waals surface area contributed by atoms with Gasteiger partial charge in [-0.05, 0) is 37.6 Å². The van der Waals surface area contributed by atoms with E-state index in [0.717, 1.165) is 22.5 Å². The normalized spacial score (nSPS) is 15.9. The highest BCUT2D eigenvalue weighted by Crippen LogP contribution is 2.41. The molecule has 1 aliphatic rings. The molecule has 0 saturated carbocycles. The van der Waals surface area contributed by atoms with Gasteiger partial charge < -0.3 is 10.8 Å². The summed E-state index contributed by atoms with van der Waals surface area (Å²) in [5.74, 6) is -0.0996. The van der Waals surface area contributed by atoms with Gasteiger partial charge in [-0.15, -0.1) is 0 Å². The Kier molecular flexibility index (Phi) is 5.93. The van der Waals surface area contributed by atoms with Crippen molar-refractivity contribution < 1.29 is 22.7 Å². The van der Waals surface area contributed by atoms with Crippen LogP contribution in [0.1, 0.15) is 37.0 Å². The molecule has 0 aliphatic carbocycles. The monoisotopic (exact) mass is 415 g/mol. The quantitative estimate of drug-likeness (QED) is 0.476. The van der Waals surface area contributed by atoms with Gasteiger partial charge in [0.25, 0.3) is 10.1 Å². The second-order valence-corrected chi connectivity index (χ2v) is 9.32. The number of aromatic hydroxyl groups is 1. The van der Waals surface area contributed by atoms with Crippen molar-refractivity contribution in [2.24, 2.45) is 5.73 Å². The summed E-state index contributed by atoms with van der Waals surface area (Å²) in [4.78, 5) is 0. The summed E-state index contributed by atoms with van der Waals surface area (Å²) in [6.45, 7) is 5.10. The molecular weight excluding hydrogens is 388 g/mol. The maximum absolute atomic E-state index is 11.2. The Morgan fingerprint density at radius 2 is 1.86 bits per heavy atom. The summed E-state index contributed by atoms with van der Waals surface area (Å²) in [7, 11) is -4.01. The van der Waals surface area contributed by atoms with E-state index < -0.39 is 10.1 Å². The van der Waals surface area contributed by atoms with Gasteiger partial charge in [-0.1, -0.05) is 24.3 Å². The van der Waals surface area contributed by atoms with Crippen molar-refractivity contribution in [1.82, 2.24) is 0 Å². The van der Waals surface area contributed by atoms with E-state index >= 15 is 0 Å². The van der Waals surface area contributed by atoms with Crippen molar-refractivity contribution in [2.45, 2.75) is 32.2 Å². The number of nitrogens with zero attached hydrogens (tertiary/aromatic N) is 1. The molecule has 154 valence electrons. The lowest BCUT2D eigenvalue weighted by Crippen LogP contribution is -2.28. The Morgan fingerprint density at radius 3 is 2.52 bits per heavy atom. The number of hydrogen-bond acceptors (Lipinski definition) is 4. The first kappa shape index (κ1) is 21.2. The van der Waals surface area contributed by atoms with Crippen LogP contribution in [0.15, 0.2) is 48.5 Å². The number of phenols is 1. The Morgan fingerprint density at radius 1 is 1.14 bits per heavy atom. The number of phenolic OH excluding ortho intramolecular Hbond substituents is 1. The van der Waals surface area contributed by atoms with E-state index in [-0.39, 0.29) is 16.9 Å². The second-order valence-electron chi connectivity index (χ2n) is 7.75. The predicted molar refractivity (Wildman–Crippen MR) is 115 cm³/mol. The third-order valence-electron chi connectivity index (χ3n) is 5.33. The fourth-order valence-electron chi connectivity index (χ4n) is 3.79. The maximum Gasteiger partial charge on any atom is 0.265 e. The van der Waals surface area contributed by atoms with E-state index in [4.69, 9.17) is 10.3 Å². The van der Waals surface area contributed by atoms with Crippen LogP contribution in [0.3, 0.4) is 0 Å². The van der Waals surface area contributed by atoms with Gasteiger partial charge in [0.15, 0.2) is 5.71 Å². The molecule has 1 heterocycles. The first-order chi connectivity index (χ1) is 13.6. The van der Waals surface area contributed by atoms with Crippen LogP contribution in [0.25, 0.3) is 6.08 Å². The maximum atomic E-state index is 11.2. The highest BCUT2D eigenvalue weighted by atomic mass is 32.2. The van der Waals surface area contributed by atoms with Gasteiger partial charge in [0, 0.05) is 36.2 Å². The molecule has 29 heavy (non-hydrogen) atoms. The van der Waals surface area contributed by atoms with E-state index in [1.807, 2.05) is 36.4 Å². The molecule has 0 fully saturated rings. The number of hydrogen-bond donors (Lipinski definition) is 3. The summed E-state index contributed by atoms with van der Waals surface area (Å²) < 4.78 is 33.5. The zero-order valence-electron chi connectivity index (χ0n) is 16.7. The Balaban J connectivity index is 2.05. The average Bonchev–Trinajstić information content (AvgIpc) is 2.86. The molecule has 0 saturated heterocycles. The van der Waals surface area contributed by atoms with Gasteiger partial charge in [0.2, 0.25) is 5.69 Å². The molecule has 0 atom stereocenters. The number of benzene rings is 2. The SMILES string of the molecule is CC1(C)C(/C=C/c2ccccc2O)=[N+](CCCS(=O)(=O)O)c2ccc(CN)cc21. The van der Waals surface area contributed by atoms with Gasteiger partial charge in [0.05, 0.1) is 11.2 Å². The van der Waals surface area contributed by atoms with Crippen LogP contribution >= 0.6 is 0 Å². The average molecular weight is 416 g/mol. The van der Waals surface area contributed by atoms with E-state index in [0.29, 0.717) is 25.1 Å². The summed E-state index contributed by atoms with van der Waals surface area (Å²) in [5, 5.41) is 10.1. The molecular formula is C22H27N2O4S+. The number of para-hydroxylation sites is 1. The number of nitrogens with two attached hydrogens (primary N) is 1. The Bertz CT molecular complexity index is 1090. The molecule has 0 bridgehead atoms. The molecule has 3 rings (SSSR count). The van der Waals surface area contributed by atoms with Crippen LogP contribution in [-0.4, -0.2) is 40.7 Å². The van der Waals surface area contributed by atoms with Crippen molar-refractivity contribution in [2.75, 3.05) is 12.3 Å². The largest absolute Gasteiger partial charge is 0.507 e. The van der Waals surface area contributed by atoms with Crippen molar-refractivity contribution in [1.29, 1.82) is 0 Å². The van der Waals surface area contributed by atoms with Crippen LogP contribution in [-0.2, 0) is 22.1 Å². The van der Waals surface area contributed by atoms with Gasteiger partial charge in [0.1, 0.15) is 12.3 Å². The minimum absolute atomic E-state index is 0.195. The highest BCUT2D eigenvalue weighted by molar-refractivity contribution is 7.85. The number of rotatable bonds is 7. The van der Waals surface area contributed by atoms with Gasteiger partial charge in [-0.25, -0.2) is 0 Å². The van der Waals surface area contributed by atoms with Gasteiger partial charge in [-0.3, -0.25) is 4.55 Å². The van der Waals surface area contributed by atoms with E-state index in [9.17, 15) is 13.5 Å². The van der Waals surface area contributed by atoms with Crippen LogP contribution in [0.5, 0.6) is 5.75 Å². The molecule has 6 nitrogen and oxygen atoms in total. The minimum Gasteiger partial charge on any atom is -0.507 e. The molecule has 0 amide bonds. The van der Waals surface area contributed by atoms with Crippen LogP contribution in [0.4, 0.5) is 5.69 Å². The third-order valence-corrected chi connectivity index (χ3v) is 6.14. The van der Waals surface area contributed by atoms with Crippen molar-refractivity contribution in [3.05, 3.63) is 65.2 Å². The molecule has 0 aromatic heterocycles.